The lowest BCUT2D eigenvalue weighted by atomic mass is 9.60. The number of nitrogens with zero attached hydrogens (tertiary/aromatic N) is 1. The minimum Gasteiger partial charge on any atom is -0.457 e. The Morgan fingerprint density at radius 2 is 0.911 bits per heavy atom. The van der Waals surface area contributed by atoms with E-state index in [0.29, 0.717) is 0 Å². The van der Waals surface area contributed by atoms with E-state index < -0.39 is 13.5 Å². The standard InChI is InChI=1S/C53H33NOSi/c1-2-16-36-34(15-1)29-32-47-52(36)53(43-22-8-11-25-46(43)55-47)41-20-6-9-23-44(41)54(45-24-10-7-21-42(45)53)35-30-31-40-39-19-5-14-28-50(39)56(51(40)33-35)48-26-12-3-17-37(48)38-18-4-13-27-49(38)56/h1-33H. The number of rotatable bonds is 1. The van der Waals surface area contributed by atoms with Crippen LogP contribution < -0.4 is 30.4 Å². The van der Waals surface area contributed by atoms with E-state index in [1.807, 2.05) is 0 Å². The number of hydrogen-bond acceptors (Lipinski definition) is 2. The van der Waals surface area contributed by atoms with E-state index in [2.05, 4.69) is 205 Å². The van der Waals surface area contributed by atoms with Crippen LogP contribution in [0.5, 0.6) is 11.5 Å². The third kappa shape index (κ3) is 3.53. The predicted molar refractivity (Wildman–Crippen MR) is 232 cm³/mol. The van der Waals surface area contributed by atoms with Gasteiger partial charge in [-0.25, -0.2) is 0 Å². The van der Waals surface area contributed by atoms with Crippen molar-refractivity contribution in [2.75, 3.05) is 4.90 Å². The fourth-order valence-electron chi connectivity index (χ4n) is 11.1. The first kappa shape index (κ1) is 30.4. The Labute approximate surface area is 326 Å². The van der Waals surface area contributed by atoms with E-state index >= 15 is 0 Å². The first-order chi connectivity index (χ1) is 27.8. The van der Waals surface area contributed by atoms with Crippen LogP contribution in [0.4, 0.5) is 17.1 Å². The number of anilines is 3. The molecule has 0 atom stereocenters. The van der Waals surface area contributed by atoms with Crippen LogP contribution in [0.25, 0.3) is 33.0 Å². The molecule has 2 nitrogen and oxygen atoms in total. The van der Waals surface area contributed by atoms with Crippen molar-refractivity contribution >= 4 is 56.7 Å². The quantitative estimate of drug-likeness (QED) is 0.156. The average Bonchev–Trinajstić information content (AvgIpc) is 3.73. The van der Waals surface area contributed by atoms with Crippen molar-refractivity contribution in [1.82, 2.24) is 0 Å². The zero-order valence-electron chi connectivity index (χ0n) is 30.4. The van der Waals surface area contributed by atoms with Crippen molar-refractivity contribution in [3.8, 4) is 33.8 Å². The van der Waals surface area contributed by atoms with E-state index in [1.165, 1.54) is 93.1 Å². The Morgan fingerprint density at radius 3 is 1.57 bits per heavy atom. The molecule has 0 aliphatic carbocycles. The molecule has 56 heavy (non-hydrogen) atoms. The molecule has 4 heterocycles. The smallest absolute Gasteiger partial charge is 0.182 e. The molecule has 0 saturated carbocycles. The summed E-state index contributed by atoms with van der Waals surface area (Å²) < 4.78 is 6.84. The van der Waals surface area contributed by atoms with Gasteiger partial charge in [-0.05, 0) is 101 Å². The minimum absolute atomic E-state index is 0.624. The van der Waals surface area contributed by atoms with Crippen LogP contribution in [0, 0.1) is 0 Å². The van der Waals surface area contributed by atoms with Crippen LogP contribution in [0.1, 0.15) is 22.3 Å². The summed E-state index contributed by atoms with van der Waals surface area (Å²) in [6.07, 6.45) is 0. The third-order valence-corrected chi connectivity index (χ3v) is 18.1. The van der Waals surface area contributed by atoms with E-state index in [1.54, 1.807) is 0 Å². The molecule has 0 bridgehead atoms. The Bertz CT molecular complexity index is 3050. The summed E-state index contributed by atoms with van der Waals surface area (Å²) >= 11 is 0. The van der Waals surface area contributed by atoms with Gasteiger partial charge in [0.15, 0.2) is 8.07 Å². The second-order valence-corrected chi connectivity index (χ2v) is 19.1. The fraction of sp³-hybridized carbons (Fsp3) is 0.0189. The van der Waals surface area contributed by atoms with Gasteiger partial charge in [0.1, 0.15) is 11.5 Å². The number of benzene rings is 9. The maximum absolute atomic E-state index is 6.84. The Balaban J connectivity index is 1.12. The molecule has 0 fully saturated rings. The molecule has 4 aliphatic rings. The van der Waals surface area contributed by atoms with E-state index in [4.69, 9.17) is 4.74 Å². The van der Waals surface area contributed by atoms with Gasteiger partial charge < -0.3 is 9.64 Å². The fourth-order valence-corrected chi connectivity index (χ4v) is 16.8. The monoisotopic (exact) mass is 727 g/mol. The van der Waals surface area contributed by atoms with Crippen LogP contribution in [-0.2, 0) is 5.41 Å². The highest BCUT2D eigenvalue weighted by atomic mass is 28.3. The van der Waals surface area contributed by atoms with Gasteiger partial charge in [-0.3, -0.25) is 0 Å². The zero-order valence-corrected chi connectivity index (χ0v) is 31.4. The summed E-state index contributed by atoms with van der Waals surface area (Å²) in [5, 5.41) is 8.35. The van der Waals surface area contributed by atoms with Crippen LogP contribution in [0.15, 0.2) is 200 Å². The summed E-state index contributed by atoms with van der Waals surface area (Å²) in [5.41, 5.74) is 13.3. The van der Waals surface area contributed by atoms with Gasteiger partial charge >= 0.3 is 0 Å². The van der Waals surface area contributed by atoms with E-state index in [9.17, 15) is 0 Å². The predicted octanol–water partition coefficient (Wildman–Crippen LogP) is 10.4. The topological polar surface area (TPSA) is 12.5 Å². The minimum atomic E-state index is -2.64. The van der Waals surface area contributed by atoms with E-state index in [0.717, 1.165) is 11.5 Å². The maximum Gasteiger partial charge on any atom is 0.182 e. The highest BCUT2D eigenvalue weighted by Crippen LogP contribution is 2.63. The molecular formula is C53H33NOSi. The lowest BCUT2D eigenvalue weighted by Crippen LogP contribution is -2.70. The summed E-state index contributed by atoms with van der Waals surface area (Å²) in [6, 6.07) is 75.0. The summed E-state index contributed by atoms with van der Waals surface area (Å²) in [4.78, 5) is 2.54. The molecular weight excluding hydrogens is 695 g/mol. The Morgan fingerprint density at radius 1 is 0.393 bits per heavy atom. The second-order valence-electron chi connectivity index (χ2n) is 15.5. The molecule has 0 saturated heterocycles. The second kappa shape index (κ2) is 10.8. The van der Waals surface area contributed by atoms with Gasteiger partial charge in [0.05, 0.1) is 16.8 Å². The maximum atomic E-state index is 6.84. The van der Waals surface area contributed by atoms with Gasteiger partial charge in [0.2, 0.25) is 0 Å². The molecule has 260 valence electrons. The zero-order chi connectivity index (χ0) is 36.6. The number of ether oxygens (including phenoxy) is 1. The van der Waals surface area contributed by atoms with Crippen molar-refractivity contribution in [2.24, 2.45) is 0 Å². The molecule has 9 aromatic carbocycles. The van der Waals surface area contributed by atoms with Crippen molar-refractivity contribution in [2.45, 2.75) is 5.41 Å². The van der Waals surface area contributed by atoms with Gasteiger partial charge in [-0.15, -0.1) is 0 Å². The van der Waals surface area contributed by atoms with Gasteiger partial charge in [0.25, 0.3) is 0 Å². The Hall–Kier alpha value is -6.94. The molecule has 4 aliphatic heterocycles. The van der Waals surface area contributed by atoms with Crippen molar-refractivity contribution in [3.63, 3.8) is 0 Å². The SMILES string of the molecule is c1ccc2c(c1)Oc1ccc3ccccc3c1C21c2ccccc2N(c2ccc3c(c2)[Si]2(c4ccccc4-c4ccccc42)c2ccccc2-3)c2ccccc21. The highest BCUT2D eigenvalue weighted by molar-refractivity contribution is 7.24. The van der Waals surface area contributed by atoms with Crippen LogP contribution in [0.3, 0.4) is 0 Å². The average molecular weight is 728 g/mol. The summed E-state index contributed by atoms with van der Waals surface area (Å²) in [7, 11) is -2.64. The van der Waals surface area contributed by atoms with E-state index in [-0.39, 0.29) is 0 Å². The molecule has 2 spiro atoms. The Kier molecular flexibility index (Phi) is 5.89. The molecule has 0 amide bonds. The van der Waals surface area contributed by atoms with Crippen LogP contribution in [0.2, 0.25) is 0 Å². The summed E-state index contributed by atoms with van der Waals surface area (Å²) in [6.45, 7) is 0. The molecule has 0 N–H and O–H groups in total. The largest absolute Gasteiger partial charge is 0.457 e. The first-order valence-electron chi connectivity index (χ1n) is 19.5. The lowest BCUT2D eigenvalue weighted by Gasteiger charge is -2.49. The lowest BCUT2D eigenvalue weighted by molar-refractivity contribution is 0.436. The first-order valence-corrected chi connectivity index (χ1v) is 21.5. The number of fused-ring (bicyclic) bond motifs is 20. The van der Waals surface area contributed by atoms with Crippen molar-refractivity contribution in [1.29, 1.82) is 0 Å². The number of hydrogen-bond donors (Lipinski definition) is 0. The van der Waals surface area contributed by atoms with Crippen molar-refractivity contribution < 1.29 is 4.74 Å². The number of para-hydroxylation sites is 3. The van der Waals surface area contributed by atoms with Gasteiger partial charge in [0, 0.05) is 16.8 Å². The summed E-state index contributed by atoms with van der Waals surface area (Å²) in [5.74, 6) is 1.80. The normalized spacial score (nSPS) is 15.2. The molecule has 3 heteroatoms. The molecule has 0 radical (unpaired) electrons. The molecule has 0 unspecified atom stereocenters. The van der Waals surface area contributed by atoms with Gasteiger partial charge in [-0.2, -0.15) is 0 Å². The molecule has 9 aromatic rings. The highest BCUT2D eigenvalue weighted by Gasteiger charge is 2.55. The van der Waals surface area contributed by atoms with Crippen molar-refractivity contribution in [3.05, 3.63) is 222 Å². The third-order valence-electron chi connectivity index (χ3n) is 13.1. The molecule has 0 aromatic heterocycles. The van der Waals surface area contributed by atoms with Gasteiger partial charge in [-0.1, -0.05) is 164 Å². The van der Waals surface area contributed by atoms with Crippen LogP contribution >= 0.6 is 0 Å². The van der Waals surface area contributed by atoms with Crippen LogP contribution in [-0.4, -0.2) is 8.07 Å². The molecule has 13 rings (SSSR count).